The Bertz CT molecular complexity index is 463. The summed E-state index contributed by atoms with van der Waals surface area (Å²) in [6.07, 6.45) is 0.909. The number of carbonyl (C=O) groups is 2. The van der Waals surface area contributed by atoms with E-state index < -0.39 is 23.7 Å². The lowest BCUT2D eigenvalue weighted by atomic mass is 10.1. The van der Waals surface area contributed by atoms with Crippen LogP contribution in [0.25, 0.3) is 0 Å². The predicted molar refractivity (Wildman–Crippen MR) is 64.6 cm³/mol. The van der Waals surface area contributed by atoms with Gasteiger partial charge in [-0.25, -0.2) is 9.18 Å². The standard InChI is InChI=1S/C12H15FN2O3/c1-2-4-9(12(17)18)15-11(16)7-5-3-6-8(13)10(7)14/h3,5-6,9H,2,4,14H2,1H3,(H,15,16)(H,17,18)/t9-/m1/s1. The van der Waals surface area contributed by atoms with Crippen LogP contribution < -0.4 is 11.1 Å². The molecule has 0 radical (unpaired) electrons. The minimum absolute atomic E-state index is 0.0580. The predicted octanol–water partition coefficient (Wildman–Crippen LogP) is 1.39. The first kappa shape index (κ1) is 14.0. The fraction of sp³-hybridized carbons (Fsp3) is 0.333. The molecule has 18 heavy (non-hydrogen) atoms. The van der Waals surface area contributed by atoms with Gasteiger partial charge in [-0.05, 0) is 18.6 Å². The van der Waals surface area contributed by atoms with Crippen LogP contribution in [0.15, 0.2) is 18.2 Å². The second kappa shape index (κ2) is 6.00. The van der Waals surface area contributed by atoms with Gasteiger partial charge in [0.2, 0.25) is 0 Å². The third kappa shape index (κ3) is 3.19. The van der Waals surface area contributed by atoms with Gasteiger partial charge >= 0.3 is 5.97 Å². The summed E-state index contributed by atoms with van der Waals surface area (Å²) in [6.45, 7) is 1.80. The van der Waals surface area contributed by atoms with E-state index in [4.69, 9.17) is 10.8 Å². The molecule has 0 heterocycles. The Hall–Kier alpha value is -2.11. The van der Waals surface area contributed by atoms with Crippen LogP contribution in [0.2, 0.25) is 0 Å². The molecule has 0 saturated carbocycles. The molecule has 6 heteroatoms. The molecule has 0 aliphatic carbocycles. The average molecular weight is 254 g/mol. The lowest BCUT2D eigenvalue weighted by Gasteiger charge is -2.14. The summed E-state index contributed by atoms with van der Waals surface area (Å²) >= 11 is 0. The minimum Gasteiger partial charge on any atom is -0.480 e. The molecule has 0 saturated heterocycles. The smallest absolute Gasteiger partial charge is 0.326 e. The Morgan fingerprint density at radius 1 is 1.50 bits per heavy atom. The molecular formula is C12H15FN2O3. The highest BCUT2D eigenvalue weighted by molar-refractivity contribution is 6.00. The molecule has 0 bridgehead atoms. The van der Waals surface area contributed by atoms with Gasteiger partial charge in [0.15, 0.2) is 0 Å². The third-order valence-corrected chi connectivity index (χ3v) is 2.48. The zero-order chi connectivity index (χ0) is 13.7. The van der Waals surface area contributed by atoms with Crippen molar-refractivity contribution in [3.63, 3.8) is 0 Å². The van der Waals surface area contributed by atoms with Crippen LogP contribution in [0.5, 0.6) is 0 Å². The van der Waals surface area contributed by atoms with Gasteiger partial charge in [-0.15, -0.1) is 0 Å². The summed E-state index contributed by atoms with van der Waals surface area (Å²) in [5, 5.41) is 11.2. The van der Waals surface area contributed by atoms with E-state index in [1.54, 1.807) is 6.92 Å². The van der Waals surface area contributed by atoms with Gasteiger partial charge in [-0.1, -0.05) is 19.4 Å². The second-order valence-corrected chi connectivity index (χ2v) is 3.85. The number of para-hydroxylation sites is 1. The number of carboxylic acid groups (broad SMARTS) is 1. The molecule has 1 atom stereocenters. The first-order valence-corrected chi connectivity index (χ1v) is 5.55. The van der Waals surface area contributed by atoms with Crippen molar-refractivity contribution in [2.75, 3.05) is 5.73 Å². The number of nitrogens with one attached hydrogen (secondary N) is 1. The summed E-state index contributed by atoms with van der Waals surface area (Å²) in [5.41, 5.74) is 5.09. The molecule has 4 N–H and O–H groups in total. The maximum Gasteiger partial charge on any atom is 0.326 e. The normalized spacial score (nSPS) is 11.9. The van der Waals surface area contributed by atoms with Gasteiger partial charge in [-0.3, -0.25) is 4.79 Å². The van der Waals surface area contributed by atoms with Gasteiger partial charge in [0.05, 0.1) is 11.3 Å². The first-order chi connectivity index (χ1) is 8.47. The molecular weight excluding hydrogens is 239 g/mol. The fourth-order valence-electron chi connectivity index (χ4n) is 1.52. The van der Waals surface area contributed by atoms with E-state index in [1.807, 2.05) is 0 Å². The lowest BCUT2D eigenvalue weighted by Crippen LogP contribution is -2.40. The molecule has 1 aromatic carbocycles. The summed E-state index contributed by atoms with van der Waals surface area (Å²) in [7, 11) is 0. The number of hydrogen-bond acceptors (Lipinski definition) is 3. The van der Waals surface area contributed by atoms with Crippen molar-refractivity contribution in [3.8, 4) is 0 Å². The molecule has 0 unspecified atom stereocenters. The Labute approximate surface area is 104 Å². The molecule has 1 rings (SSSR count). The number of anilines is 1. The highest BCUT2D eigenvalue weighted by atomic mass is 19.1. The number of benzene rings is 1. The monoisotopic (exact) mass is 254 g/mol. The van der Waals surface area contributed by atoms with Crippen molar-refractivity contribution in [1.29, 1.82) is 0 Å². The van der Waals surface area contributed by atoms with Crippen molar-refractivity contribution < 1.29 is 19.1 Å². The topological polar surface area (TPSA) is 92.4 Å². The maximum absolute atomic E-state index is 13.2. The number of nitrogen functional groups attached to an aromatic ring is 1. The Morgan fingerprint density at radius 2 is 2.17 bits per heavy atom. The Balaban J connectivity index is 2.87. The van der Waals surface area contributed by atoms with E-state index in [0.29, 0.717) is 12.8 Å². The van der Waals surface area contributed by atoms with Crippen molar-refractivity contribution in [2.45, 2.75) is 25.8 Å². The number of nitrogens with two attached hydrogens (primary N) is 1. The van der Waals surface area contributed by atoms with Crippen LogP contribution in [-0.4, -0.2) is 23.0 Å². The molecule has 1 aromatic rings. The van der Waals surface area contributed by atoms with Gasteiger partial charge in [-0.2, -0.15) is 0 Å². The highest BCUT2D eigenvalue weighted by Gasteiger charge is 2.21. The van der Waals surface area contributed by atoms with E-state index in [9.17, 15) is 14.0 Å². The van der Waals surface area contributed by atoms with E-state index in [0.717, 1.165) is 6.07 Å². The van der Waals surface area contributed by atoms with Crippen molar-refractivity contribution >= 4 is 17.6 Å². The lowest BCUT2D eigenvalue weighted by molar-refractivity contribution is -0.139. The van der Waals surface area contributed by atoms with Crippen LogP contribution in [0.3, 0.4) is 0 Å². The third-order valence-electron chi connectivity index (χ3n) is 2.48. The minimum atomic E-state index is -1.12. The van der Waals surface area contributed by atoms with Crippen LogP contribution in [0.1, 0.15) is 30.1 Å². The largest absolute Gasteiger partial charge is 0.480 e. The van der Waals surface area contributed by atoms with E-state index in [-0.39, 0.29) is 11.3 Å². The summed E-state index contributed by atoms with van der Waals surface area (Å²) < 4.78 is 13.2. The molecule has 0 aliphatic rings. The fourth-order valence-corrected chi connectivity index (χ4v) is 1.52. The molecule has 0 aliphatic heterocycles. The summed E-state index contributed by atoms with van der Waals surface area (Å²) in [5.74, 6) is -2.52. The maximum atomic E-state index is 13.2. The molecule has 5 nitrogen and oxygen atoms in total. The van der Waals surface area contributed by atoms with Gasteiger partial charge in [0.1, 0.15) is 11.9 Å². The van der Waals surface area contributed by atoms with Crippen molar-refractivity contribution in [2.24, 2.45) is 0 Å². The van der Waals surface area contributed by atoms with Gasteiger partial charge in [0, 0.05) is 0 Å². The zero-order valence-electron chi connectivity index (χ0n) is 9.94. The highest BCUT2D eigenvalue weighted by Crippen LogP contribution is 2.15. The van der Waals surface area contributed by atoms with E-state index >= 15 is 0 Å². The SMILES string of the molecule is CCC[C@@H](NC(=O)c1cccc(F)c1N)C(=O)O. The molecule has 0 fully saturated rings. The molecule has 98 valence electrons. The first-order valence-electron chi connectivity index (χ1n) is 5.55. The number of rotatable bonds is 5. The summed E-state index contributed by atoms with van der Waals surface area (Å²) in [4.78, 5) is 22.7. The number of carboxylic acids is 1. The number of hydrogen-bond donors (Lipinski definition) is 3. The zero-order valence-corrected chi connectivity index (χ0v) is 9.94. The van der Waals surface area contributed by atoms with Crippen molar-refractivity contribution in [3.05, 3.63) is 29.6 Å². The van der Waals surface area contributed by atoms with E-state index in [1.165, 1.54) is 12.1 Å². The summed E-state index contributed by atoms with van der Waals surface area (Å²) in [6, 6.07) is 2.83. The number of amides is 1. The number of halogens is 1. The van der Waals surface area contributed by atoms with Gasteiger partial charge in [0.25, 0.3) is 5.91 Å². The van der Waals surface area contributed by atoms with Crippen LogP contribution in [0.4, 0.5) is 10.1 Å². The van der Waals surface area contributed by atoms with Crippen LogP contribution >= 0.6 is 0 Å². The van der Waals surface area contributed by atoms with Crippen LogP contribution in [0, 0.1) is 5.82 Å². The van der Waals surface area contributed by atoms with Crippen molar-refractivity contribution in [1.82, 2.24) is 5.32 Å². The van der Waals surface area contributed by atoms with E-state index in [2.05, 4.69) is 5.32 Å². The van der Waals surface area contributed by atoms with Gasteiger partial charge < -0.3 is 16.2 Å². The number of carbonyl (C=O) groups excluding carboxylic acids is 1. The quantitative estimate of drug-likeness (QED) is 0.692. The Morgan fingerprint density at radius 3 is 2.72 bits per heavy atom. The van der Waals surface area contributed by atoms with Crippen LogP contribution in [-0.2, 0) is 4.79 Å². The Kier molecular flexibility index (Phi) is 4.65. The molecule has 0 aromatic heterocycles. The molecule has 1 amide bonds. The molecule has 0 spiro atoms. The average Bonchev–Trinajstić information content (AvgIpc) is 2.31. The second-order valence-electron chi connectivity index (χ2n) is 3.85. The number of aliphatic carboxylic acids is 1.